The molecule has 0 spiro atoms. The number of nitrogen functional groups attached to an aromatic ring is 1. The highest BCUT2D eigenvalue weighted by atomic mass is 16.4. The minimum Gasteiger partial charge on any atom is -0.481 e. The minimum atomic E-state index is -0.926. The van der Waals surface area contributed by atoms with Crippen LogP contribution in [-0.2, 0) is 16.1 Å². The van der Waals surface area contributed by atoms with Crippen LogP contribution in [0.1, 0.15) is 17.7 Å². The van der Waals surface area contributed by atoms with Gasteiger partial charge in [0.1, 0.15) is 5.82 Å². The SMILES string of the molecule is Cc1cc(N2C[C@@H](C(=O)O)C[C@@H](C(=O)NCc3ccncc3)C2)nc(N)n1. The number of aliphatic carboxylic acids is 1. The highest BCUT2D eigenvalue weighted by Gasteiger charge is 2.35. The number of rotatable bonds is 5. The fraction of sp³-hybridized carbons (Fsp3) is 0.389. The van der Waals surface area contributed by atoms with Crippen LogP contribution in [0, 0.1) is 18.8 Å². The van der Waals surface area contributed by atoms with E-state index in [0.29, 0.717) is 24.6 Å². The van der Waals surface area contributed by atoms with E-state index in [2.05, 4.69) is 20.3 Å². The fourth-order valence-electron chi connectivity index (χ4n) is 3.23. The van der Waals surface area contributed by atoms with E-state index in [4.69, 9.17) is 5.73 Å². The summed E-state index contributed by atoms with van der Waals surface area (Å²) in [6.45, 7) is 2.81. The van der Waals surface area contributed by atoms with Crippen LogP contribution in [0.4, 0.5) is 11.8 Å². The molecule has 2 aromatic heterocycles. The number of aromatic nitrogens is 3. The van der Waals surface area contributed by atoms with Crippen LogP contribution < -0.4 is 16.0 Å². The van der Waals surface area contributed by atoms with Crippen LogP contribution in [0.2, 0.25) is 0 Å². The molecule has 0 aromatic carbocycles. The third-order valence-electron chi connectivity index (χ3n) is 4.57. The molecule has 3 heterocycles. The minimum absolute atomic E-state index is 0.126. The standard InChI is InChI=1S/C18H22N6O3/c1-11-6-15(23-18(19)22-11)24-9-13(7-14(10-24)17(26)27)16(25)21-8-12-2-4-20-5-3-12/h2-6,13-14H,7-10H2,1H3,(H,21,25)(H,26,27)(H2,19,22,23)/t13-,14+/m1/s1. The number of amides is 1. The summed E-state index contributed by atoms with van der Waals surface area (Å²) in [5, 5.41) is 12.4. The van der Waals surface area contributed by atoms with Gasteiger partial charge in [0.05, 0.1) is 11.8 Å². The molecule has 9 heteroatoms. The number of aryl methyl sites for hydroxylation is 1. The van der Waals surface area contributed by atoms with Crippen molar-refractivity contribution in [2.75, 3.05) is 23.7 Å². The Labute approximate surface area is 156 Å². The molecule has 4 N–H and O–H groups in total. The first kappa shape index (κ1) is 18.6. The summed E-state index contributed by atoms with van der Waals surface area (Å²) in [4.78, 5) is 38.2. The number of carbonyl (C=O) groups is 2. The monoisotopic (exact) mass is 370 g/mol. The zero-order valence-corrected chi connectivity index (χ0v) is 15.0. The lowest BCUT2D eigenvalue weighted by molar-refractivity contribution is -0.143. The first-order valence-electron chi connectivity index (χ1n) is 8.68. The number of anilines is 2. The number of nitrogens with two attached hydrogens (primary N) is 1. The fourth-order valence-corrected chi connectivity index (χ4v) is 3.23. The second-order valence-corrected chi connectivity index (χ2v) is 6.67. The first-order valence-corrected chi connectivity index (χ1v) is 8.68. The summed E-state index contributed by atoms with van der Waals surface area (Å²) in [5.74, 6) is -1.56. The number of pyridine rings is 1. The Morgan fingerprint density at radius 2 is 1.96 bits per heavy atom. The van der Waals surface area contributed by atoms with Crippen LogP contribution in [0.3, 0.4) is 0 Å². The zero-order valence-electron chi connectivity index (χ0n) is 15.0. The molecule has 1 aliphatic rings. The van der Waals surface area contributed by atoms with Crippen LogP contribution >= 0.6 is 0 Å². The van der Waals surface area contributed by atoms with Gasteiger partial charge in [-0.3, -0.25) is 14.6 Å². The molecule has 9 nitrogen and oxygen atoms in total. The number of carboxylic acids is 1. The van der Waals surface area contributed by atoms with Crippen molar-refractivity contribution in [3.8, 4) is 0 Å². The molecule has 0 radical (unpaired) electrons. The van der Waals surface area contributed by atoms with Crippen molar-refractivity contribution in [1.82, 2.24) is 20.3 Å². The molecule has 0 saturated carbocycles. The molecule has 1 fully saturated rings. The van der Waals surface area contributed by atoms with E-state index in [1.54, 1.807) is 30.3 Å². The van der Waals surface area contributed by atoms with Crippen LogP contribution in [0.25, 0.3) is 0 Å². The van der Waals surface area contributed by atoms with E-state index in [1.807, 2.05) is 12.1 Å². The number of hydrogen-bond acceptors (Lipinski definition) is 7. The predicted octanol–water partition coefficient (Wildman–Crippen LogP) is 0.606. The van der Waals surface area contributed by atoms with E-state index in [0.717, 1.165) is 5.56 Å². The highest BCUT2D eigenvalue weighted by molar-refractivity contribution is 5.81. The van der Waals surface area contributed by atoms with Crippen molar-refractivity contribution in [1.29, 1.82) is 0 Å². The normalized spacial score (nSPS) is 19.5. The Morgan fingerprint density at radius 1 is 1.26 bits per heavy atom. The molecule has 1 amide bonds. The van der Waals surface area contributed by atoms with Crippen molar-refractivity contribution in [3.63, 3.8) is 0 Å². The second-order valence-electron chi connectivity index (χ2n) is 6.67. The number of nitrogens with one attached hydrogen (secondary N) is 1. The third-order valence-corrected chi connectivity index (χ3v) is 4.57. The Kier molecular flexibility index (Phi) is 5.49. The molecule has 3 rings (SSSR count). The van der Waals surface area contributed by atoms with E-state index in [9.17, 15) is 14.7 Å². The number of carboxylic acid groups (broad SMARTS) is 1. The van der Waals surface area contributed by atoms with Gasteiger partial charge >= 0.3 is 5.97 Å². The zero-order chi connectivity index (χ0) is 19.4. The van der Waals surface area contributed by atoms with Crippen LogP contribution in [0.5, 0.6) is 0 Å². The summed E-state index contributed by atoms with van der Waals surface area (Å²) < 4.78 is 0. The van der Waals surface area contributed by atoms with Gasteiger partial charge in [-0.25, -0.2) is 4.98 Å². The molecular formula is C18H22N6O3. The largest absolute Gasteiger partial charge is 0.481 e. The van der Waals surface area contributed by atoms with E-state index >= 15 is 0 Å². The summed E-state index contributed by atoms with van der Waals surface area (Å²) in [5.41, 5.74) is 7.34. The smallest absolute Gasteiger partial charge is 0.308 e. The molecular weight excluding hydrogens is 348 g/mol. The van der Waals surface area contributed by atoms with Crippen molar-refractivity contribution >= 4 is 23.6 Å². The van der Waals surface area contributed by atoms with Crippen molar-refractivity contribution in [2.45, 2.75) is 19.9 Å². The van der Waals surface area contributed by atoms with Gasteiger partial charge in [-0.05, 0) is 31.0 Å². The van der Waals surface area contributed by atoms with Gasteiger partial charge in [0.15, 0.2) is 0 Å². The maximum Gasteiger partial charge on any atom is 0.308 e. The lowest BCUT2D eigenvalue weighted by atomic mass is 9.88. The average Bonchev–Trinajstić information content (AvgIpc) is 2.65. The summed E-state index contributed by atoms with van der Waals surface area (Å²) in [6.07, 6.45) is 3.60. The van der Waals surface area contributed by atoms with E-state index < -0.39 is 17.8 Å². The topological polar surface area (TPSA) is 134 Å². The maximum absolute atomic E-state index is 12.6. The highest BCUT2D eigenvalue weighted by Crippen LogP contribution is 2.27. The molecule has 1 saturated heterocycles. The van der Waals surface area contributed by atoms with Gasteiger partial charge in [0.2, 0.25) is 11.9 Å². The van der Waals surface area contributed by atoms with Crippen molar-refractivity contribution in [2.24, 2.45) is 11.8 Å². The Balaban J connectivity index is 1.73. The summed E-state index contributed by atoms with van der Waals surface area (Å²) >= 11 is 0. The van der Waals surface area contributed by atoms with Gasteiger partial charge in [-0.1, -0.05) is 0 Å². The lowest BCUT2D eigenvalue weighted by Gasteiger charge is -2.36. The molecule has 1 aliphatic heterocycles. The Morgan fingerprint density at radius 3 is 2.63 bits per heavy atom. The number of hydrogen-bond donors (Lipinski definition) is 3. The van der Waals surface area contributed by atoms with Gasteiger partial charge in [0.25, 0.3) is 0 Å². The van der Waals surface area contributed by atoms with Crippen LogP contribution in [0.15, 0.2) is 30.6 Å². The molecule has 0 bridgehead atoms. The number of piperidine rings is 1. The molecule has 0 unspecified atom stereocenters. The molecule has 0 aliphatic carbocycles. The number of nitrogens with zero attached hydrogens (tertiary/aromatic N) is 4. The average molecular weight is 370 g/mol. The lowest BCUT2D eigenvalue weighted by Crippen LogP contribution is -2.48. The summed E-state index contributed by atoms with van der Waals surface area (Å²) in [6, 6.07) is 5.38. The molecule has 2 aromatic rings. The van der Waals surface area contributed by atoms with Gasteiger partial charge < -0.3 is 21.1 Å². The maximum atomic E-state index is 12.6. The summed E-state index contributed by atoms with van der Waals surface area (Å²) in [7, 11) is 0. The van der Waals surface area contributed by atoms with E-state index in [-0.39, 0.29) is 24.8 Å². The Hall–Kier alpha value is -3.23. The molecule has 142 valence electrons. The Bertz CT molecular complexity index is 809. The van der Waals surface area contributed by atoms with Crippen molar-refractivity contribution < 1.29 is 14.7 Å². The first-order chi connectivity index (χ1) is 12.9. The molecule has 27 heavy (non-hydrogen) atoms. The second kappa shape index (κ2) is 7.98. The van der Waals surface area contributed by atoms with Gasteiger partial charge in [0, 0.05) is 43.8 Å². The predicted molar refractivity (Wildman–Crippen MR) is 98.7 cm³/mol. The van der Waals surface area contributed by atoms with Crippen LogP contribution in [-0.4, -0.2) is 45.0 Å². The van der Waals surface area contributed by atoms with Gasteiger partial charge in [-0.15, -0.1) is 0 Å². The van der Waals surface area contributed by atoms with Gasteiger partial charge in [-0.2, -0.15) is 4.98 Å². The number of carbonyl (C=O) groups excluding carboxylic acids is 1. The van der Waals surface area contributed by atoms with E-state index in [1.165, 1.54) is 0 Å². The van der Waals surface area contributed by atoms with Crippen molar-refractivity contribution in [3.05, 3.63) is 41.9 Å². The third kappa shape index (κ3) is 4.69. The quantitative estimate of drug-likeness (QED) is 0.697. The molecule has 2 atom stereocenters.